The minimum Gasteiger partial charge on any atom is -0.303 e. The van der Waals surface area contributed by atoms with Gasteiger partial charge >= 0.3 is 0 Å². The monoisotopic (exact) mass is 219 g/mol. The first kappa shape index (κ1) is 10.8. The van der Waals surface area contributed by atoms with Gasteiger partial charge in [-0.15, -0.1) is 0 Å². The molecule has 90 valence electrons. The second kappa shape index (κ2) is 3.13. The highest BCUT2D eigenvalue weighted by molar-refractivity contribution is 5.52. The third kappa shape index (κ3) is 0.932. The van der Waals surface area contributed by atoms with Crippen molar-refractivity contribution >= 4 is 0 Å². The molecule has 0 aromatic carbocycles. The Hall–Kier alpha value is -0.300. The molecule has 1 spiro atoms. The summed E-state index contributed by atoms with van der Waals surface area (Å²) in [6.07, 6.45) is 2.57. The van der Waals surface area contributed by atoms with E-state index in [0.717, 1.165) is 29.7 Å². The number of fused-ring (bicyclic) bond motifs is 2. The van der Waals surface area contributed by atoms with Crippen molar-refractivity contribution in [2.45, 2.75) is 59.0 Å². The van der Waals surface area contributed by atoms with Crippen molar-refractivity contribution in [3.63, 3.8) is 0 Å². The Labute approximate surface area is 99.7 Å². The lowest BCUT2D eigenvalue weighted by Gasteiger charge is -2.60. The fourth-order valence-corrected chi connectivity index (χ4v) is 4.89. The van der Waals surface area contributed by atoms with Crippen molar-refractivity contribution < 1.29 is 0 Å². The van der Waals surface area contributed by atoms with E-state index in [4.69, 9.17) is 0 Å². The molecular formula is C15H25N. The summed E-state index contributed by atoms with van der Waals surface area (Å²) < 4.78 is 0. The van der Waals surface area contributed by atoms with Crippen LogP contribution in [0.25, 0.3) is 0 Å². The molecule has 1 nitrogen and oxygen atoms in total. The fourth-order valence-electron chi connectivity index (χ4n) is 4.89. The first-order valence-electron chi connectivity index (χ1n) is 7.07. The highest BCUT2D eigenvalue weighted by atomic mass is 15.2. The van der Waals surface area contributed by atoms with Gasteiger partial charge in [0.2, 0.25) is 0 Å². The van der Waals surface area contributed by atoms with E-state index in [0.29, 0.717) is 5.54 Å². The molecule has 16 heavy (non-hydrogen) atoms. The van der Waals surface area contributed by atoms with Crippen LogP contribution >= 0.6 is 0 Å². The molecule has 1 saturated heterocycles. The van der Waals surface area contributed by atoms with Crippen LogP contribution in [0.5, 0.6) is 0 Å². The van der Waals surface area contributed by atoms with Crippen LogP contribution < -0.4 is 5.32 Å². The summed E-state index contributed by atoms with van der Waals surface area (Å²) in [5, 5.41) is 3.92. The summed E-state index contributed by atoms with van der Waals surface area (Å²) in [7, 11) is 0. The SMILES string of the molecule is CCC1=C(C)C(C(C)CC)C12N[C@@H]1C(C)C12. The minimum absolute atomic E-state index is 0.457. The molecule has 0 radical (unpaired) electrons. The zero-order valence-corrected chi connectivity index (χ0v) is 11.3. The number of rotatable bonds is 3. The van der Waals surface area contributed by atoms with Crippen molar-refractivity contribution in [2.75, 3.05) is 0 Å². The van der Waals surface area contributed by atoms with Gasteiger partial charge in [0.25, 0.3) is 0 Å². The van der Waals surface area contributed by atoms with E-state index < -0.39 is 0 Å². The average Bonchev–Trinajstić information content (AvgIpc) is 2.76. The fraction of sp³-hybridized carbons (Fsp3) is 0.867. The summed E-state index contributed by atoms with van der Waals surface area (Å²) in [5.74, 6) is 3.58. The summed E-state index contributed by atoms with van der Waals surface area (Å²) in [4.78, 5) is 0. The average molecular weight is 219 g/mol. The molecule has 1 N–H and O–H groups in total. The van der Waals surface area contributed by atoms with Crippen LogP contribution in [0.2, 0.25) is 0 Å². The molecule has 2 aliphatic carbocycles. The molecule has 3 aliphatic rings. The topological polar surface area (TPSA) is 12.0 Å². The number of hydrogen-bond acceptors (Lipinski definition) is 1. The van der Waals surface area contributed by atoms with Gasteiger partial charge in [0.15, 0.2) is 0 Å². The molecule has 1 heterocycles. The van der Waals surface area contributed by atoms with Gasteiger partial charge < -0.3 is 5.32 Å². The van der Waals surface area contributed by atoms with Crippen LogP contribution in [0, 0.1) is 23.7 Å². The van der Waals surface area contributed by atoms with Crippen LogP contribution in [0.3, 0.4) is 0 Å². The maximum absolute atomic E-state index is 3.92. The maximum Gasteiger partial charge on any atom is 0.0514 e. The Morgan fingerprint density at radius 1 is 1.38 bits per heavy atom. The van der Waals surface area contributed by atoms with Crippen molar-refractivity contribution in [1.82, 2.24) is 5.32 Å². The van der Waals surface area contributed by atoms with E-state index in [-0.39, 0.29) is 0 Å². The van der Waals surface area contributed by atoms with Gasteiger partial charge in [-0.05, 0) is 25.2 Å². The minimum atomic E-state index is 0.457. The van der Waals surface area contributed by atoms with Crippen LogP contribution in [0.15, 0.2) is 11.1 Å². The zero-order chi connectivity index (χ0) is 11.7. The maximum atomic E-state index is 3.92. The van der Waals surface area contributed by atoms with Gasteiger partial charge in [0.1, 0.15) is 0 Å². The van der Waals surface area contributed by atoms with Gasteiger partial charge in [0, 0.05) is 17.9 Å². The predicted octanol–water partition coefficient (Wildman–Crippen LogP) is 3.37. The first-order chi connectivity index (χ1) is 7.59. The smallest absolute Gasteiger partial charge is 0.0514 e. The van der Waals surface area contributed by atoms with Crippen molar-refractivity contribution in [2.24, 2.45) is 23.7 Å². The Balaban J connectivity index is 1.92. The first-order valence-corrected chi connectivity index (χ1v) is 7.07. The summed E-state index contributed by atoms with van der Waals surface area (Å²) in [6, 6.07) is 0.862. The molecule has 0 bridgehead atoms. The molecule has 0 aromatic rings. The standard InChI is InChI=1S/C15H25N/c1-6-8(3)12-9(4)11(7-2)15(12)13-10(5)14(13)16-15/h8,10,12-14,16H,6-7H2,1-5H3/t8?,10?,12?,13?,14-,15?/m1/s1. The van der Waals surface area contributed by atoms with Crippen LogP contribution in [0.4, 0.5) is 0 Å². The third-order valence-corrected chi connectivity index (χ3v) is 5.81. The van der Waals surface area contributed by atoms with Crippen molar-refractivity contribution in [1.29, 1.82) is 0 Å². The van der Waals surface area contributed by atoms with Crippen LogP contribution in [0.1, 0.15) is 47.5 Å². The molecule has 3 rings (SSSR count). The number of hydrogen-bond donors (Lipinski definition) is 1. The zero-order valence-electron chi connectivity index (χ0n) is 11.3. The van der Waals surface area contributed by atoms with Gasteiger partial charge in [0.05, 0.1) is 5.54 Å². The molecule has 2 fully saturated rings. The van der Waals surface area contributed by atoms with Gasteiger partial charge in [-0.3, -0.25) is 0 Å². The van der Waals surface area contributed by atoms with Gasteiger partial charge in [-0.2, -0.15) is 0 Å². The van der Waals surface area contributed by atoms with E-state index in [1.807, 2.05) is 0 Å². The second-order valence-corrected chi connectivity index (χ2v) is 6.30. The lowest BCUT2D eigenvalue weighted by atomic mass is 9.52. The quantitative estimate of drug-likeness (QED) is 0.718. The Morgan fingerprint density at radius 2 is 2.06 bits per heavy atom. The predicted molar refractivity (Wildman–Crippen MR) is 68.2 cm³/mol. The van der Waals surface area contributed by atoms with Crippen LogP contribution in [-0.2, 0) is 0 Å². The molecule has 0 amide bonds. The summed E-state index contributed by atoms with van der Waals surface area (Å²) >= 11 is 0. The second-order valence-electron chi connectivity index (χ2n) is 6.30. The van der Waals surface area contributed by atoms with E-state index in [2.05, 4.69) is 39.9 Å². The molecule has 1 heteroatoms. The normalized spacial score (nSPS) is 50.8. The van der Waals surface area contributed by atoms with E-state index in [1.54, 1.807) is 11.1 Å². The highest BCUT2D eigenvalue weighted by Gasteiger charge is 2.75. The Bertz CT molecular complexity index is 352. The molecule has 6 atom stereocenters. The van der Waals surface area contributed by atoms with Gasteiger partial charge in [-0.25, -0.2) is 0 Å². The third-order valence-electron chi connectivity index (χ3n) is 5.81. The van der Waals surface area contributed by atoms with E-state index >= 15 is 0 Å². The van der Waals surface area contributed by atoms with Crippen molar-refractivity contribution in [3.8, 4) is 0 Å². The van der Waals surface area contributed by atoms with E-state index in [9.17, 15) is 0 Å². The number of nitrogens with one attached hydrogen (secondary N) is 1. The molecular weight excluding hydrogens is 194 g/mol. The summed E-state index contributed by atoms with van der Waals surface area (Å²) in [5.41, 5.74) is 3.92. The Kier molecular flexibility index (Phi) is 2.12. The van der Waals surface area contributed by atoms with Crippen LogP contribution in [-0.4, -0.2) is 11.6 Å². The van der Waals surface area contributed by atoms with E-state index in [1.165, 1.54) is 12.8 Å². The summed E-state index contributed by atoms with van der Waals surface area (Å²) in [6.45, 7) is 11.9. The van der Waals surface area contributed by atoms with Crippen molar-refractivity contribution in [3.05, 3.63) is 11.1 Å². The molecule has 1 aliphatic heterocycles. The molecule has 5 unspecified atom stereocenters. The highest BCUT2D eigenvalue weighted by Crippen LogP contribution is 2.69. The van der Waals surface area contributed by atoms with Gasteiger partial charge in [-0.1, -0.05) is 45.3 Å². The molecule has 1 saturated carbocycles. The Morgan fingerprint density at radius 3 is 2.44 bits per heavy atom. The molecule has 0 aromatic heterocycles. The largest absolute Gasteiger partial charge is 0.303 e. The lowest BCUT2D eigenvalue weighted by Crippen LogP contribution is -2.70. The lowest BCUT2D eigenvalue weighted by molar-refractivity contribution is 0.0843.